The molecule has 2 heterocycles. The summed E-state index contributed by atoms with van der Waals surface area (Å²) in [5.41, 5.74) is 0.259. The van der Waals surface area contributed by atoms with Gasteiger partial charge in [-0.25, -0.2) is 9.78 Å². The maximum atomic E-state index is 11.2. The summed E-state index contributed by atoms with van der Waals surface area (Å²) >= 11 is 3.26. The van der Waals surface area contributed by atoms with E-state index in [0.717, 1.165) is 32.7 Å². The molecule has 1 saturated heterocycles. The maximum Gasteiger partial charge on any atom is 0.339 e. The summed E-state index contributed by atoms with van der Waals surface area (Å²) < 4.78 is 0.691. The van der Waals surface area contributed by atoms with Gasteiger partial charge in [0.25, 0.3) is 0 Å². The SMILES string of the molecule is CCN1CCN(c2ncc(Br)cc2C(=O)O)CC1. The van der Waals surface area contributed by atoms with Crippen LogP contribution in [0, 0.1) is 0 Å². The quantitative estimate of drug-likeness (QED) is 0.920. The van der Waals surface area contributed by atoms with Crippen LogP contribution in [0.3, 0.4) is 0 Å². The Morgan fingerprint density at radius 3 is 2.67 bits per heavy atom. The van der Waals surface area contributed by atoms with Crippen molar-refractivity contribution in [2.45, 2.75) is 6.92 Å². The van der Waals surface area contributed by atoms with E-state index in [0.29, 0.717) is 10.3 Å². The second-order valence-corrected chi connectivity index (χ2v) is 5.17. The molecule has 18 heavy (non-hydrogen) atoms. The number of anilines is 1. The standard InChI is InChI=1S/C12H16BrN3O2/c1-2-15-3-5-16(6-4-15)11-10(12(17)18)7-9(13)8-14-11/h7-8H,2-6H2,1H3,(H,17,18). The molecule has 1 aliphatic heterocycles. The van der Waals surface area contributed by atoms with E-state index >= 15 is 0 Å². The number of halogens is 1. The fourth-order valence-electron chi connectivity index (χ4n) is 2.12. The Kier molecular flexibility index (Phi) is 4.19. The minimum atomic E-state index is -0.934. The van der Waals surface area contributed by atoms with Crippen LogP contribution in [-0.4, -0.2) is 53.7 Å². The van der Waals surface area contributed by atoms with Crippen LogP contribution in [0.5, 0.6) is 0 Å². The molecule has 2 rings (SSSR count). The zero-order chi connectivity index (χ0) is 13.1. The monoisotopic (exact) mass is 313 g/mol. The first-order valence-corrected chi connectivity index (χ1v) is 6.77. The van der Waals surface area contributed by atoms with Gasteiger partial charge in [0, 0.05) is 36.8 Å². The Balaban J connectivity index is 2.21. The second kappa shape index (κ2) is 5.67. The van der Waals surface area contributed by atoms with Crippen LogP contribution in [0.25, 0.3) is 0 Å². The highest BCUT2D eigenvalue weighted by atomic mass is 79.9. The van der Waals surface area contributed by atoms with Gasteiger partial charge < -0.3 is 14.9 Å². The molecule has 0 aliphatic carbocycles. The lowest BCUT2D eigenvalue weighted by Gasteiger charge is -2.35. The van der Waals surface area contributed by atoms with E-state index in [1.807, 2.05) is 4.90 Å². The third-order valence-electron chi connectivity index (χ3n) is 3.18. The second-order valence-electron chi connectivity index (χ2n) is 4.25. The lowest BCUT2D eigenvalue weighted by atomic mass is 10.2. The van der Waals surface area contributed by atoms with Gasteiger partial charge >= 0.3 is 5.97 Å². The van der Waals surface area contributed by atoms with E-state index < -0.39 is 5.97 Å². The highest BCUT2D eigenvalue weighted by Gasteiger charge is 2.22. The van der Waals surface area contributed by atoms with E-state index in [1.54, 1.807) is 12.3 Å². The Labute approximate surface area is 115 Å². The van der Waals surface area contributed by atoms with Crippen molar-refractivity contribution in [1.29, 1.82) is 0 Å². The van der Waals surface area contributed by atoms with Crippen molar-refractivity contribution in [2.75, 3.05) is 37.6 Å². The van der Waals surface area contributed by atoms with Gasteiger partial charge in [0.1, 0.15) is 11.4 Å². The molecule has 0 aromatic carbocycles. The van der Waals surface area contributed by atoms with Crippen LogP contribution in [-0.2, 0) is 0 Å². The molecule has 1 aliphatic rings. The topological polar surface area (TPSA) is 56.7 Å². The van der Waals surface area contributed by atoms with E-state index in [2.05, 4.69) is 32.7 Å². The smallest absolute Gasteiger partial charge is 0.339 e. The number of aromatic carboxylic acids is 1. The van der Waals surface area contributed by atoms with Crippen LogP contribution >= 0.6 is 15.9 Å². The van der Waals surface area contributed by atoms with Crippen LogP contribution in [0.4, 0.5) is 5.82 Å². The molecule has 1 fully saturated rings. The summed E-state index contributed by atoms with van der Waals surface area (Å²) in [5, 5.41) is 9.22. The normalized spacial score (nSPS) is 16.9. The number of pyridine rings is 1. The highest BCUT2D eigenvalue weighted by Crippen LogP contribution is 2.22. The van der Waals surface area contributed by atoms with Crippen molar-refractivity contribution >= 4 is 27.7 Å². The molecule has 1 aromatic rings. The summed E-state index contributed by atoms with van der Waals surface area (Å²) in [5.74, 6) is -0.363. The van der Waals surface area contributed by atoms with Gasteiger partial charge in [0.05, 0.1) is 0 Å². The van der Waals surface area contributed by atoms with Crippen molar-refractivity contribution in [1.82, 2.24) is 9.88 Å². The molecule has 98 valence electrons. The molecule has 0 bridgehead atoms. The van der Waals surface area contributed by atoms with Crippen LogP contribution in [0.15, 0.2) is 16.7 Å². The molecule has 0 amide bonds. The fourth-order valence-corrected chi connectivity index (χ4v) is 2.45. The van der Waals surface area contributed by atoms with Gasteiger partial charge in [-0.05, 0) is 28.5 Å². The van der Waals surface area contributed by atoms with Gasteiger partial charge in [-0.1, -0.05) is 6.92 Å². The van der Waals surface area contributed by atoms with Gasteiger partial charge in [0.15, 0.2) is 0 Å². The molecule has 0 unspecified atom stereocenters. The minimum absolute atomic E-state index is 0.259. The zero-order valence-electron chi connectivity index (χ0n) is 10.3. The van der Waals surface area contributed by atoms with E-state index in [4.69, 9.17) is 0 Å². The molecule has 0 radical (unpaired) electrons. The molecular formula is C12H16BrN3O2. The zero-order valence-corrected chi connectivity index (χ0v) is 11.9. The van der Waals surface area contributed by atoms with Crippen molar-refractivity contribution in [3.05, 3.63) is 22.3 Å². The Morgan fingerprint density at radius 2 is 2.11 bits per heavy atom. The molecule has 0 atom stereocenters. The summed E-state index contributed by atoms with van der Waals surface area (Å²) in [6.07, 6.45) is 1.65. The number of nitrogens with zero attached hydrogens (tertiary/aromatic N) is 3. The first-order chi connectivity index (χ1) is 8.61. The molecule has 0 spiro atoms. The van der Waals surface area contributed by atoms with E-state index in [9.17, 15) is 9.90 Å². The summed E-state index contributed by atoms with van der Waals surface area (Å²) in [6.45, 7) is 6.72. The highest BCUT2D eigenvalue weighted by molar-refractivity contribution is 9.10. The van der Waals surface area contributed by atoms with Crippen LogP contribution in [0.1, 0.15) is 17.3 Å². The Bertz CT molecular complexity index is 445. The number of hydrogen-bond acceptors (Lipinski definition) is 4. The predicted molar refractivity (Wildman–Crippen MR) is 73.2 cm³/mol. The fraction of sp³-hybridized carbons (Fsp3) is 0.500. The van der Waals surface area contributed by atoms with Gasteiger partial charge in [0.2, 0.25) is 0 Å². The lowest BCUT2D eigenvalue weighted by molar-refractivity contribution is 0.0697. The molecule has 0 saturated carbocycles. The average molecular weight is 314 g/mol. The number of hydrogen-bond donors (Lipinski definition) is 1. The first-order valence-electron chi connectivity index (χ1n) is 5.98. The Hall–Kier alpha value is -1.14. The van der Waals surface area contributed by atoms with Crippen LogP contribution in [0.2, 0.25) is 0 Å². The first kappa shape index (κ1) is 13.3. The van der Waals surface area contributed by atoms with Gasteiger partial charge in [-0.2, -0.15) is 0 Å². The number of piperazine rings is 1. The minimum Gasteiger partial charge on any atom is -0.478 e. The molecule has 1 aromatic heterocycles. The third kappa shape index (κ3) is 2.81. The lowest BCUT2D eigenvalue weighted by Crippen LogP contribution is -2.46. The molecule has 1 N–H and O–H groups in total. The summed E-state index contributed by atoms with van der Waals surface area (Å²) in [6, 6.07) is 1.61. The number of aromatic nitrogens is 1. The molecule has 5 nitrogen and oxygen atoms in total. The van der Waals surface area contributed by atoms with E-state index in [-0.39, 0.29) is 5.56 Å². The van der Waals surface area contributed by atoms with Crippen LogP contribution < -0.4 is 4.90 Å². The number of carboxylic acids is 1. The number of likely N-dealkylation sites (N-methyl/N-ethyl adjacent to an activating group) is 1. The number of carboxylic acid groups (broad SMARTS) is 1. The van der Waals surface area contributed by atoms with Crippen molar-refractivity contribution in [3.63, 3.8) is 0 Å². The molecule has 6 heteroatoms. The third-order valence-corrected chi connectivity index (χ3v) is 3.62. The number of carbonyl (C=O) groups is 1. The largest absolute Gasteiger partial charge is 0.478 e. The predicted octanol–water partition coefficient (Wildman–Crippen LogP) is 1.68. The summed E-state index contributed by atoms with van der Waals surface area (Å²) in [7, 11) is 0. The average Bonchev–Trinajstić information content (AvgIpc) is 2.39. The molecular weight excluding hydrogens is 298 g/mol. The van der Waals surface area contributed by atoms with E-state index in [1.165, 1.54) is 0 Å². The number of rotatable bonds is 3. The van der Waals surface area contributed by atoms with Crippen molar-refractivity contribution in [3.8, 4) is 0 Å². The van der Waals surface area contributed by atoms with Gasteiger partial charge in [-0.3, -0.25) is 0 Å². The van der Waals surface area contributed by atoms with Crippen molar-refractivity contribution in [2.24, 2.45) is 0 Å². The van der Waals surface area contributed by atoms with Crippen molar-refractivity contribution < 1.29 is 9.90 Å². The van der Waals surface area contributed by atoms with Gasteiger partial charge in [-0.15, -0.1) is 0 Å². The summed E-state index contributed by atoms with van der Waals surface area (Å²) in [4.78, 5) is 19.9. The Morgan fingerprint density at radius 1 is 1.44 bits per heavy atom. The maximum absolute atomic E-state index is 11.2.